The maximum absolute atomic E-state index is 12.5. The van der Waals surface area contributed by atoms with Crippen molar-refractivity contribution >= 4 is 27.5 Å². The van der Waals surface area contributed by atoms with Crippen LogP contribution in [-0.2, 0) is 11.2 Å². The van der Waals surface area contributed by atoms with E-state index in [0.29, 0.717) is 18.6 Å². The highest BCUT2D eigenvalue weighted by molar-refractivity contribution is 9.10. The SMILES string of the molecule is O=C1CCC2(CC1)Cc1ccc(Br)cc1C2=O. The van der Waals surface area contributed by atoms with Gasteiger partial charge in [0.15, 0.2) is 5.78 Å². The van der Waals surface area contributed by atoms with Gasteiger partial charge in [-0.3, -0.25) is 9.59 Å². The summed E-state index contributed by atoms with van der Waals surface area (Å²) in [5.41, 5.74) is 1.73. The second-order valence-electron chi connectivity index (χ2n) is 5.13. The Hall–Kier alpha value is -0.960. The quantitative estimate of drug-likeness (QED) is 0.735. The van der Waals surface area contributed by atoms with Gasteiger partial charge in [-0.25, -0.2) is 0 Å². The Morgan fingerprint density at radius 2 is 1.82 bits per heavy atom. The minimum Gasteiger partial charge on any atom is -0.300 e. The number of Topliss-reactive ketones (excluding diaryl/α,β-unsaturated/α-hetero) is 2. The van der Waals surface area contributed by atoms with E-state index in [1.54, 1.807) is 0 Å². The van der Waals surface area contributed by atoms with Gasteiger partial charge >= 0.3 is 0 Å². The van der Waals surface area contributed by atoms with E-state index in [9.17, 15) is 9.59 Å². The number of hydrogen-bond donors (Lipinski definition) is 0. The molecule has 0 amide bonds. The fourth-order valence-corrected chi connectivity index (χ4v) is 3.42. The molecule has 1 saturated carbocycles. The van der Waals surface area contributed by atoms with E-state index < -0.39 is 0 Å². The van der Waals surface area contributed by atoms with Gasteiger partial charge in [0.1, 0.15) is 5.78 Å². The predicted molar refractivity (Wildman–Crippen MR) is 68.1 cm³/mol. The molecule has 0 aliphatic heterocycles. The van der Waals surface area contributed by atoms with Gasteiger partial charge in [-0.1, -0.05) is 22.0 Å². The molecule has 0 bridgehead atoms. The average molecular weight is 293 g/mol. The molecule has 1 spiro atoms. The fraction of sp³-hybridized carbons (Fsp3) is 0.429. The normalized spacial score (nSPS) is 21.9. The third-order valence-electron chi connectivity index (χ3n) is 4.09. The Morgan fingerprint density at radius 1 is 1.12 bits per heavy atom. The van der Waals surface area contributed by atoms with Crippen molar-refractivity contribution < 1.29 is 9.59 Å². The number of fused-ring (bicyclic) bond motifs is 1. The topological polar surface area (TPSA) is 34.1 Å². The van der Waals surface area contributed by atoms with Gasteiger partial charge < -0.3 is 0 Å². The van der Waals surface area contributed by atoms with Crippen LogP contribution in [0.15, 0.2) is 22.7 Å². The summed E-state index contributed by atoms with van der Waals surface area (Å²) >= 11 is 3.41. The summed E-state index contributed by atoms with van der Waals surface area (Å²) in [7, 11) is 0. The lowest BCUT2D eigenvalue weighted by atomic mass is 9.71. The van der Waals surface area contributed by atoms with E-state index >= 15 is 0 Å². The molecule has 1 aromatic carbocycles. The highest BCUT2D eigenvalue weighted by Gasteiger charge is 2.46. The van der Waals surface area contributed by atoms with Crippen LogP contribution in [0.4, 0.5) is 0 Å². The number of ketones is 2. The minimum atomic E-state index is -0.267. The van der Waals surface area contributed by atoms with Crippen molar-refractivity contribution in [2.45, 2.75) is 32.1 Å². The number of carbonyl (C=O) groups excluding carboxylic acids is 2. The lowest BCUT2D eigenvalue weighted by molar-refractivity contribution is -0.121. The lowest BCUT2D eigenvalue weighted by Gasteiger charge is -2.30. The number of halogens is 1. The standard InChI is InChI=1S/C14H13BrO2/c15-10-2-1-9-8-14(13(17)12(9)7-10)5-3-11(16)4-6-14/h1-2,7H,3-6,8H2. The maximum Gasteiger partial charge on any atom is 0.169 e. The van der Waals surface area contributed by atoms with E-state index in [-0.39, 0.29) is 11.2 Å². The van der Waals surface area contributed by atoms with Crippen LogP contribution in [0.25, 0.3) is 0 Å². The first kappa shape index (κ1) is 11.1. The van der Waals surface area contributed by atoms with Crippen LogP contribution < -0.4 is 0 Å². The van der Waals surface area contributed by atoms with Crippen molar-refractivity contribution in [3.63, 3.8) is 0 Å². The maximum atomic E-state index is 12.5. The molecule has 17 heavy (non-hydrogen) atoms. The number of hydrogen-bond acceptors (Lipinski definition) is 2. The molecule has 2 aliphatic rings. The zero-order chi connectivity index (χ0) is 12.0. The fourth-order valence-electron chi connectivity index (χ4n) is 3.06. The third kappa shape index (κ3) is 1.68. The average Bonchev–Trinajstić information content (AvgIpc) is 2.58. The van der Waals surface area contributed by atoms with Crippen molar-refractivity contribution in [1.82, 2.24) is 0 Å². The Kier molecular flexibility index (Phi) is 2.47. The van der Waals surface area contributed by atoms with Gasteiger partial charge in [0.25, 0.3) is 0 Å². The molecule has 0 saturated heterocycles. The zero-order valence-corrected chi connectivity index (χ0v) is 11.0. The molecule has 1 fully saturated rings. The van der Waals surface area contributed by atoms with E-state index in [0.717, 1.165) is 34.9 Å². The second-order valence-corrected chi connectivity index (χ2v) is 6.04. The number of benzene rings is 1. The molecule has 3 rings (SSSR count). The lowest BCUT2D eigenvalue weighted by Crippen LogP contribution is -2.33. The molecular formula is C14H13BrO2. The van der Waals surface area contributed by atoms with Gasteiger partial charge in [-0.15, -0.1) is 0 Å². The van der Waals surface area contributed by atoms with Crippen molar-refractivity contribution in [3.05, 3.63) is 33.8 Å². The van der Waals surface area contributed by atoms with Crippen LogP contribution in [0, 0.1) is 5.41 Å². The van der Waals surface area contributed by atoms with Gasteiger partial charge in [0.2, 0.25) is 0 Å². The van der Waals surface area contributed by atoms with Crippen LogP contribution in [0.5, 0.6) is 0 Å². The summed E-state index contributed by atoms with van der Waals surface area (Å²) in [6, 6.07) is 5.93. The van der Waals surface area contributed by atoms with Crippen molar-refractivity contribution in [1.29, 1.82) is 0 Å². The summed E-state index contributed by atoms with van der Waals surface area (Å²) in [5.74, 6) is 0.557. The Labute approximate surface area is 109 Å². The van der Waals surface area contributed by atoms with Gasteiger partial charge in [0.05, 0.1) is 0 Å². The van der Waals surface area contributed by atoms with Crippen molar-refractivity contribution in [2.24, 2.45) is 5.41 Å². The third-order valence-corrected chi connectivity index (χ3v) is 4.59. The Balaban J connectivity index is 1.98. The molecule has 3 heteroatoms. The summed E-state index contributed by atoms with van der Waals surface area (Å²) in [4.78, 5) is 23.8. The monoisotopic (exact) mass is 292 g/mol. The molecule has 2 aliphatic carbocycles. The Morgan fingerprint density at radius 3 is 2.53 bits per heavy atom. The summed E-state index contributed by atoms with van der Waals surface area (Å²) in [6.07, 6.45) is 3.43. The molecule has 0 radical (unpaired) electrons. The Bertz CT molecular complexity index is 509. The highest BCUT2D eigenvalue weighted by atomic mass is 79.9. The van der Waals surface area contributed by atoms with E-state index in [4.69, 9.17) is 0 Å². The highest BCUT2D eigenvalue weighted by Crippen LogP contribution is 2.46. The molecular weight excluding hydrogens is 280 g/mol. The zero-order valence-electron chi connectivity index (χ0n) is 9.46. The van der Waals surface area contributed by atoms with Crippen molar-refractivity contribution in [2.75, 3.05) is 0 Å². The first-order valence-electron chi connectivity index (χ1n) is 5.96. The summed E-state index contributed by atoms with van der Waals surface area (Å²) in [5, 5.41) is 0. The van der Waals surface area contributed by atoms with E-state index in [1.165, 1.54) is 0 Å². The second kappa shape index (κ2) is 3.77. The molecule has 0 atom stereocenters. The van der Waals surface area contributed by atoms with Crippen LogP contribution in [0.1, 0.15) is 41.6 Å². The molecule has 88 valence electrons. The summed E-state index contributed by atoms with van der Waals surface area (Å²) in [6.45, 7) is 0. The summed E-state index contributed by atoms with van der Waals surface area (Å²) < 4.78 is 0.952. The van der Waals surface area contributed by atoms with Crippen LogP contribution in [0.2, 0.25) is 0 Å². The predicted octanol–water partition coefficient (Wildman–Crippen LogP) is 3.32. The number of carbonyl (C=O) groups is 2. The van der Waals surface area contributed by atoms with Crippen LogP contribution in [0.3, 0.4) is 0 Å². The van der Waals surface area contributed by atoms with Gasteiger partial charge in [-0.2, -0.15) is 0 Å². The first-order chi connectivity index (χ1) is 8.11. The van der Waals surface area contributed by atoms with E-state index in [2.05, 4.69) is 15.9 Å². The molecule has 0 heterocycles. The van der Waals surface area contributed by atoms with Gasteiger partial charge in [0, 0.05) is 28.3 Å². The van der Waals surface area contributed by atoms with E-state index in [1.807, 2.05) is 18.2 Å². The van der Waals surface area contributed by atoms with Crippen LogP contribution >= 0.6 is 15.9 Å². The number of rotatable bonds is 0. The molecule has 0 N–H and O–H groups in total. The first-order valence-corrected chi connectivity index (χ1v) is 6.75. The largest absolute Gasteiger partial charge is 0.300 e. The molecule has 0 unspecified atom stereocenters. The molecule has 0 aromatic heterocycles. The smallest absolute Gasteiger partial charge is 0.169 e. The molecule has 2 nitrogen and oxygen atoms in total. The minimum absolute atomic E-state index is 0.251. The van der Waals surface area contributed by atoms with Gasteiger partial charge in [-0.05, 0) is 37.0 Å². The van der Waals surface area contributed by atoms with Crippen molar-refractivity contribution in [3.8, 4) is 0 Å². The van der Waals surface area contributed by atoms with Crippen LogP contribution in [-0.4, -0.2) is 11.6 Å². The molecule has 1 aromatic rings.